The lowest BCUT2D eigenvalue weighted by Crippen LogP contribution is -2.43. The van der Waals surface area contributed by atoms with E-state index in [1.165, 1.54) is 36.3 Å². The molecule has 0 saturated heterocycles. The quantitative estimate of drug-likeness (QED) is 0.755. The van der Waals surface area contributed by atoms with Gasteiger partial charge in [0.2, 0.25) is 0 Å². The molecule has 1 fully saturated rings. The lowest BCUT2D eigenvalue weighted by atomic mass is 9.92. The van der Waals surface area contributed by atoms with Crippen LogP contribution in [-0.2, 0) is 0 Å². The predicted octanol–water partition coefficient (Wildman–Crippen LogP) is 3.70. The van der Waals surface area contributed by atoms with E-state index in [1.807, 2.05) is 11.8 Å². The first-order valence-corrected chi connectivity index (χ1v) is 7.31. The molecule has 16 heavy (non-hydrogen) atoms. The van der Waals surface area contributed by atoms with Crippen LogP contribution in [0.2, 0.25) is 0 Å². The van der Waals surface area contributed by atoms with Gasteiger partial charge in [-0.25, -0.2) is 0 Å². The van der Waals surface area contributed by atoms with Crippen LogP contribution in [0.5, 0.6) is 0 Å². The highest BCUT2D eigenvalue weighted by Crippen LogP contribution is 2.22. The van der Waals surface area contributed by atoms with Gasteiger partial charge in [0.05, 0.1) is 0 Å². The summed E-state index contributed by atoms with van der Waals surface area (Å²) in [4.78, 5) is 1.39. The maximum atomic E-state index is 3.75. The van der Waals surface area contributed by atoms with Crippen molar-refractivity contribution in [1.82, 2.24) is 5.32 Å². The summed E-state index contributed by atoms with van der Waals surface area (Å²) in [5.74, 6) is 1.19. The third kappa shape index (κ3) is 3.53. The van der Waals surface area contributed by atoms with E-state index in [0.29, 0.717) is 6.04 Å². The highest BCUT2D eigenvalue weighted by atomic mass is 32.2. The van der Waals surface area contributed by atoms with Gasteiger partial charge in [0.1, 0.15) is 0 Å². The maximum Gasteiger partial charge on any atom is 0.0161 e. The molecule has 1 aromatic carbocycles. The van der Waals surface area contributed by atoms with E-state index in [4.69, 9.17) is 0 Å². The molecule has 1 nitrogen and oxygen atoms in total. The van der Waals surface area contributed by atoms with Gasteiger partial charge in [-0.2, -0.15) is 0 Å². The van der Waals surface area contributed by atoms with E-state index in [9.17, 15) is 0 Å². The van der Waals surface area contributed by atoms with Crippen molar-refractivity contribution in [2.75, 3.05) is 5.75 Å². The maximum absolute atomic E-state index is 3.75. The molecule has 2 heteroatoms. The molecule has 0 heterocycles. The molecule has 0 aromatic heterocycles. The molecule has 2 rings (SSSR count). The molecule has 1 aliphatic rings. The molecule has 0 aliphatic heterocycles. The average Bonchev–Trinajstić information content (AvgIpc) is 2.28. The number of benzene rings is 1. The molecule has 1 N–H and O–H groups in total. The minimum atomic E-state index is 0.676. The molecule has 0 spiro atoms. The van der Waals surface area contributed by atoms with Gasteiger partial charge in [-0.05, 0) is 31.4 Å². The number of hydrogen-bond donors (Lipinski definition) is 1. The molecule has 0 amide bonds. The largest absolute Gasteiger partial charge is 0.310 e. The van der Waals surface area contributed by atoms with Gasteiger partial charge in [-0.15, -0.1) is 11.8 Å². The van der Waals surface area contributed by atoms with Crippen molar-refractivity contribution in [3.63, 3.8) is 0 Å². The third-order valence-electron chi connectivity index (χ3n) is 3.26. The monoisotopic (exact) mass is 235 g/mol. The van der Waals surface area contributed by atoms with E-state index >= 15 is 0 Å². The van der Waals surface area contributed by atoms with Crippen molar-refractivity contribution in [2.24, 2.45) is 0 Å². The summed E-state index contributed by atoms with van der Waals surface area (Å²) in [5, 5.41) is 3.75. The van der Waals surface area contributed by atoms with E-state index in [-0.39, 0.29) is 0 Å². The van der Waals surface area contributed by atoms with Gasteiger partial charge in [-0.3, -0.25) is 0 Å². The third-order valence-corrected chi connectivity index (χ3v) is 4.44. The Kier molecular flexibility index (Phi) is 4.73. The Morgan fingerprint density at radius 3 is 2.62 bits per heavy atom. The summed E-state index contributed by atoms with van der Waals surface area (Å²) >= 11 is 1.97. The lowest BCUT2D eigenvalue weighted by Gasteiger charge is -2.31. The Labute approximate surface area is 103 Å². The van der Waals surface area contributed by atoms with E-state index in [2.05, 4.69) is 42.6 Å². The SMILES string of the molecule is CCC(CSc1ccccc1)NC1CCC1. The highest BCUT2D eigenvalue weighted by molar-refractivity contribution is 7.99. The topological polar surface area (TPSA) is 12.0 Å². The zero-order valence-electron chi connectivity index (χ0n) is 9.99. The molecule has 1 aliphatic carbocycles. The van der Waals surface area contributed by atoms with Crippen LogP contribution < -0.4 is 5.32 Å². The molecule has 1 saturated carbocycles. The zero-order chi connectivity index (χ0) is 11.2. The summed E-state index contributed by atoms with van der Waals surface area (Å²) in [7, 11) is 0. The lowest BCUT2D eigenvalue weighted by molar-refractivity contribution is 0.310. The minimum absolute atomic E-state index is 0.676. The predicted molar refractivity (Wildman–Crippen MR) is 72.0 cm³/mol. The van der Waals surface area contributed by atoms with Crippen LogP contribution >= 0.6 is 11.8 Å². The minimum Gasteiger partial charge on any atom is -0.310 e. The molecule has 1 aromatic rings. The van der Waals surface area contributed by atoms with Crippen molar-refractivity contribution < 1.29 is 0 Å². The average molecular weight is 235 g/mol. The normalized spacial score (nSPS) is 18.1. The first kappa shape index (κ1) is 12.0. The molecular formula is C14H21NS. The van der Waals surface area contributed by atoms with Gasteiger partial charge in [-0.1, -0.05) is 31.5 Å². The van der Waals surface area contributed by atoms with Gasteiger partial charge in [0.25, 0.3) is 0 Å². The first-order valence-electron chi connectivity index (χ1n) is 6.32. The van der Waals surface area contributed by atoms with Crippen LogP contribution in [0.1, 0.15) is 32.6 Å². The highest BCUT2D eigenvalue weighted by Gasteiger charge is 2.20. The van der Waals surface area contributed by atoms with Crippen molar-refractivity contribution in [1.29, 1.82) is 0 Å². The van der Waals surface area contributed by atoms with Crippen LogP contribution in [0, 0.1) is 0 Å². The summed E-state index contributed by atoms with van der Waals surface area (Å²) in [5.41, 5.74) is 0. The second kappa shape index (κ2) is 6.31. The van der Waals surface area contributed by atoms with Gasteiger partial charge < -0.3 is 5.32 Å². The second-order valence-corrected chi connectivity index (χ2v) is 5.62. The van der Waals surface area contributed by atoms with Crippen molar-refractivity contribution in [2.45, 2.75) is 49.6 Å². The fourth-order valence-electron chi connectivity index (χ4n) is 1.91. The number of nitrogens with one attached hydrogen (secondary N) is 1. The molecule has 0 bridgehead atoms. The molecule has 88 valence electrons. The Balaban J connectivity index is 1.73. The number of hydrogen-bond acceptors (Lipinski definition) is 2. The second-order valence-electron chi connectivity index (χ2n) is 4.52. The van der Waals surface area contributed by atoms with Crippen LogP contribution in [-0.4, -0.2) is 17.8 Å². The van der Waals surface area contributed by atoms with Gasteiger partial charge in [0.15, 0.2) is 0 Å². The van der Waals surface area contributed by atoms with Crippen molar-refractivity contribution in [3.8, 4) is 0 Å². The molecule has 1 atom stereocenters. The van der Waals surface area contributed by atoms with E-state index in [0.717, 1.165) is 6.04 Å². The van der Waals surface area contributed by atoms with Crippen molar-refractivity contribution >= 4 is 11.8 Å². The van der Waals surface area contributed by atoms with Crippen LogP contribution in [0.15, 0.2) is 35.2 Å². The first-order chi connectivity index (χ1) is 7.88. The summed E-state index contributed by atoms with van der Waals surface area (Å²) in [6.45, 7) is 2.28. The zero-order valence-corrected chi connectivity index (χ0v) is 10.8. The van der Waals surface area contributed by atoms with E-state index < -0.39 is 0 Å². The Bertz CT molecular complexity index is 295. The Morgan fingerprint density at radius 1 is 1.31 bits per heavy atom. The molecule has 0 radical (unpaired) electrons. The van der Waals surface area contributed by atoms with Gasteiger partial charge in [0, 0.05) is 22.7 Å². The smallest absolute Gasteiger partial charge is 0.0161 e. The van der Waals surface area contributed by atoms with E-state index in [1.54, 1.807) is 0 Å². The summed E-state index contributed by atoms with van der Waals surface area (Å²) in [6.07, 6.45) is 5.41. The molecule has 1 unspecified atom stereocenters. The fraction of sp³-hybridized carbons (Fsp3) is 0.571. The Morgan fingerprint density at radius 2 is 2.06 bits per heavy atom. The summed E-state index contributed by atoms with van der Waals surface area (Å²) < 4.78 is 0. The number of rotatable bonds is 6. The number of thioether (sulfide) groups is 1. The Hall–Kier alpha value is -0.470. The molecular weight excluding hydrogens is 214 g/mol. The fourth-order valence-corrected chi connectivity index (χ4v) is 2.98. The summed E-state index contributed by atoms with van der Waals surface area (Å²) in [6, 6.07) is 12.2. The van der Waals surface area contributed by atoms with Crippen LogP contribution in [0.25, 0.3) is 0 Å². The van der Waals surface area contributed by atoms with Crippen LogP contribution in [0.3, 0.4) is 0 Å². The van der Waals surface area contributed by atoms with Gasteiger partial charge >= 0.3 is 0 Å². The van der Waals surface area contributed by atoms with Crippen molar-refractivity contribution in [3.05, 3.63) is 30.3 Å². The standard InChI is InChI=1S/C14H21NS/c1-2-12(15-13-7-6-8-13)11-16-14-9-4-3-5-10-14/h3-5,9-10,12-13,15H,2,6-8,11H2,1H3. The van der Waals surface area contributed by atoms with Crippen LogP contribution in [0.4, 0.5) is 0 Å².